The number of aromatic carboxylic acids is 1. The molecule has 0 radical (unpaired) electrons. The van der Waals surface area contributed by atoms with Crippen LogP contribution in [0, 0.1) is 0 Å². The zero-order valence-corrected chi connectivity index (χ0v) is 14.7. The second kappa shape index (κ2) is 7.03. The van der Waals surface area contributed by atoms with E-state index < -0.39 is 11.9 Å². The Morgan fingerprint density at radius 3 is 2.62 bits per heavy atom. The van der Waals surface area contributed by atoms with Gasteiger partial charge in [0, 0.05) is 36.8 Å². The van der Waals surface area contributed by atoms with E-state index in [0.29, 0.717) is 31.5 Å². The monoisotopic (exact) mass is 356 g/mol. The normalized spacial score (nSPS) is 13.5. The highest BCUT2D eigenvalue weighted by Crippen LogP contribution is 2.30. The lowest BCUT2D eigenvalue weighted by Gasteiger charge is -2.28. The molecule has 1 aliphatic rings. The molecule has 2 amide bonds. The van der Waals surface area contributed by atoms with E-state index in [1.165, 1.54) is 6.07 Å². The van der Waals surface area contributed by atoms with Gasteiger partial charge in [0.15, 0.2) is 5.76 Å². The summed E-state index contributed by atoms with van der Waals surface area (Å²) in [5.41, 5.74) is 2.43. The maximum Gasteiger partial charge on any atom is 0.339 e. The van der Waals surface area contributed by atoms with E-state index in [2.05, 4.69) is 5.32 Å². The van der Waals surface area contributed by atoms with Gasteiger partial charge >= 0.3 is 5.97 Å². The fraction of sp³-hybridized carbons (Fsp3) is 0.316. The third-order valence-corrected chi connectivity index (χ3v) is 4.44. The van der Waals surface area contributed by atoms with Crippen molar-refractivity contribution in [1.29, 1.82) is 0 Å². The van der Waals surface area contributed by atoms with Crippen LogP contribution in [-0.4, -0.2) is 29.4 Å². The minimum atomic E-state index is -1.12. The summed E-state index contributed by atoms with van der Waals surface area (Å²) in [6, 6.07) is 6.62. The van der Waals surface area contributed by atoms with Gasteiger partial charge in [-0.05, 0) is 37.1 Å². The molecule has 26 heavy (non-hydrogen) atoms. The van der Waals surface area contributed by atoms with Crippen LogP contribution in [0.25, 0.3) is 0 Å². The second-order valence-corrected chi connectivity index (χ2v) is 6.04. The first-order chi connectivity index (χ1) is 12.4. The number of aryl methyl sites for hydroxylation is 2. The van der Waals surface area contributed by atoms with Crippen LogP contribution in [0.3, 0.4) is 0 Å². The average molecular weight is 356 g/mol. The van der Waals surface area contributed by atoms with Crippen molar-refractivity contribution in [1.82, 2.24) is 0 Å². The number of hydrogen-bond donors (Lipinski definition) is 2. The fourth-order valence-corrected chi connectivity index (χ4v) is 3.16. The number of amides is 2. The predicted octanol–water partition coefficient (Wildman–Crippen LogP) is 3.09. The van der Waals surface area contributed by atoms with Gasteiger partial charge in [-0.2, -0.15) is 0 Å². The third-order valence-electron chi connectivity index (χ3n) is 4.44. The number of benzene rings is 1. The second-order valence-electron chi connectivity index (χ2n) is 6.04. The molecule has 0 aliphatic carbocycles. The van der Waals surface area contributed by atoms with E-state index in [9.17, 15) is 14.4 Å². The van der Waals surface area contributed by atoms with Crippen molar-refractivity contribution in [3.8, 4) is 0 Å². The summed E-state index contributed by atoms with van der Waals surface area (Å²) in [6.45, 7) is 4.28. The zero-order valence-electron chi connectivity index (χ0n) is 14.7. The first-order valence-electron chi connectivity index (χ1n) is 8.55. The van der Waals surface area contributed by atoms with Crippen molar-refractivity contribution in [3.63, 3.8) is 0 Å². The molecule has 1 aromatic carbocycles. The first kappa shape index (κ1) is 17.7. The Labute approximate surface area is 150 Å². The van der Waals surface area contributed by atoms with Gasteiger partial charge in [-0.25, -0.2) is 4.79 Å². The molecule has 136 valence electrons. The Balaban J connectivity index is 1.83. The highest BCUT2D eigenvalue weighted by Gasteiger charge is 2.24. The molecular weight excluding hydrogens is 336 g/mol. The van der Waals surface area contributed by atoms with Crippen LogP contribution in [0.1, 0.15) is 52.5 Å². The molecule has 3 rings (SSSR count). The van der Waals surface area contributed by atoms with Gasteiger partial charge in [-0.15, -0.1) is 0 Å². The van der Waals surface area contributed by atoms with Crippen molar-refractivity contribution in [2.75, 3.05) is 16.8 Å². The van der Waals surface area contributed by atoms with Crippen LogP contribution in [0.2, 0.25) is 0 Å². The van der Waals surface area contributed by atoms with Crippen molar-refractivity contribution in [2.24, 2.45) is 0 Å². The Hall–Kier alpha value is -3.09. The number of carboxylic acids is 1. The minimum absolute atomic E-state index is 0.000177. The van der Waals surface area contributed by atoms with E-state index in [0.717, 1.165) is 11.3 Å². The van der Waals surface area contributed by atoms with Crippen molar-refractivity contribution < 1.29 is 23.9 Å². The van der Waals surface area contributed by atoms with E-state index in [-0.39, 0.29) is 23.0 Å². The van der Waals surface area contributed by atoms with Crippen LogP contribution >= 0.6 is 0 Å². The summed E-state index contributed by atoms with van der Waals surface area (Å²) in [5.74, 6) is -1.30. The minimum Gasteiger partial charge on any atom is -0.478 e. The molecule has 2 aromatic rings. The van der Waals surface area contributed by atoms with Crippen LogP contribution in [0.4, 0.5) is 11.4 Å². The number of nitrogens with zero attached hydrogens (tertiary/aromatic N) is 1. The molecule has 1 aromatic heterocycles. The van der Waals surface area contributed by atoms with Crippen molar-refractivity contribution in [2.45, 2.75) is 33.1 Å². The van der Waals surface area contributed by atoms with Crippen LogP contribution in [0.15, 0.2) is 28.7 Å². The summed E-state index contributed by atoms with van der Waals surface area (Å²) in [4.78, 5) is 37.3. The lowest BCUT2D eigenvalue weighted by atomic mass is 10.0. The Bertz CT molecular complexity index is 884. The number of carbonyl (C=O) groups excluding carboxylic acids is 2. The Morgan fingerprint density at radius 1 is 1.23 bits per heavy atom. The van der Waals surface area contributed by atoms with E-state index in [1.54, 1.807) is 17.9 Å². The van der Waals surface area contributed by atoms with E-state index >= 15 is 0 Å². The summed E-state index contributed by atoms with van der Waals surface area (Å²) in [5, 5.41) is 11.9. The van der Waals surface area contributed by atoms with Crippen LogP contribution in [0.5, 0.6) is 0 Å². The Kier molecular flexibility index (Phi) is 4.79. The highest BCUT2D eigenvalue weighted by atomic mass is 16.4. The van der Waals surface area contributed by atoms with Gasteiger partial charge in [-0.3, -0.25) is 9.59 Å². The Morgan fingerprint density at radius 2 is 2.00 bits per heavy atom. The van der Waals surface area contributed by atoms with Gasteiger partial charge in [-0.1, -0.05) is 6.92 Å². The maximum absolute atomic E-state index is 12.4. The largest absolute Gasteiger partial charge is 0.478 e. The van der Waals surface area contributed by atoms with E-state index in [4.69, 9.17) is 9.52 Å². The number of nitrogens with one attached hydrogen (secondary N) is 1. The van der Waals surface area contributed by atoms with Gasteiger partial charge in [0.1, 0.15) is 11.3 Å². The maximum atomic E-state index is 12.4. The van der Waals surface area contributed by atoms with Gasteiger partial charge in [0.05, 0.1) is 0 Å². The molecule has 0 fully saturated rings. The van der Waals surface area contributed by atoms with Crippen molar-refractivity contribution >= 4 is 29.2 Å². The average Bonchev–Trinajstić information content (AvgIpc) is 3.06. The molecule has 0 saturated carbocycles. The first-order valence-corrected chi connectivity index (χ1v) is 8.55. The molecule has 2 N–H and O–H groups in total. The number of furan rings is 1. The van der Waals surface area contributed by atoms with Crippen molar-refractivity contribution in [3.05, 3.63) is 46.9 Å². The SMILES string of the molecule is CCc1oc(C(=O)Nc2ccc3c(c2)CCC(=O)N3CC)cc1C(=O)O. The van der Waals surface area contributed by atoms with Crippen LogP contribution < -0.4 is 10.2 Å². The molecule has 0 atom stereocenters. The number of carbonyl (C=O) groups is 3. The molecule has 0 spiro atoms. The molecule has 1 aliphatic heterocycles. The highest BCUT2D eigenvalue weighted by molar-refractivity contribution is 6.04. The number of rotatable bonds is 5. The summed E-state index contributed by atoms with van der Waals surface area (Å²) < 4.78 is 5.37. The lowest BCUT2D eigenvalue weighted by molar-refractivity contribution is -0.118. The van der Waals surface area contributed by atoms with Crippen LogP contribution in [-0.2, 0) is 17.6 Å². The quantitative estimate of drug-likeness (QED) is 0.857. The topological polar surface area (TPSA) is 99.9 Å². The fourth-order valence-electron chi connectivity index (χ4n) is 3.16. The number of hydrogen-bond acceptors (Lipinski definition) is 4. The lowest BCUT2D eigenvalue weighted by Crippen LogP contribution is -2.34. The van der Waals surface area contributed by atoms with E-state index in [1.807, 2.05) is 19.1 Å². The molecular formula is C19H20N2O5. The van der Waals surface area contributed by atoms with Gasteiger partial charge in [0.25, 0.3) is 5.91 Å². The smallest absolute Gasteiger partial charge is 0.339 e. The number of fused-ring (bicyclic) bond motifs is 1. The molecule has 0 bridgehead atoms. The zero-order chi connectivity index (χ0) is 18.8. The van der Waals surface area contributed by atoms with Gasteiger partial charge in [0.2, 0.25) is 5.91 Å². The predicted molar refractivity (Wildman–Crippen MR) is 95.8 cm³/mol. The number of carboxylic acid groups (broad SMARTS) is 1. The number of anilines is 2. The molecule has 7 nitrogen and oxygen atoms in total. The summed E-state index contributed by atoms with van der Waals surface area (Å²) >= 11 is 0. The van der Waals surface area contributed by atoms with Gasteiger partial charge < -0.3 is 19.7 Å². The molecule has 0 unspecified atom stereocenters. The molecule has 7 heteroatoms. The standard InChI is InChI=1S/C19H20N2O5/c1-3-15-13(19(24)25)10-16(26-15)18(23)20-12-6-7-14-11(9-12)5-8-17(22)21(14)4-2/h6-7,9-10H,3-5,8H2,1-2H3,(H,20,23)(H,24,25). The molecule has 2 heterocycles. The summed E-state index contributed by atoms with van der Waals surface area (Å²) in [6.07, 6.45) is 1.45. The summed E-state index contributed by atoms with van der Waals surface area (Å²) in [7, 11) is 0. The third kappa shape index (κ3) is 3.20. The molecule has 0 saturated heterocycles.